The first kappa shape index (κ1) is 19.9. The smallest absolute Gasteiger partial charge is 0.201 e. The monoisotopic (exact) mass is 374 g/mol. The topological polar surface area (TPSA) is 9.23 Å². The summed E-state index contributed by atoms with van der Waals surface area (Å²) in [7, 11) is 0. The second kappa shape index (κ2) is 8.86. The van der Waals surface area contributed by atoms with E-state index < -0.39 is 11.6 Å². The van der Waals surface area contributed by atoms with Crippen molar-refractivity contribution in [3.05, 3.63) is 53.1 Å². The van der Waals surface area contributed by atoms with E-state index in [-0.39, 0.29) is 7.18 Å². The van der Waals surface area contributed by atoms with Gasteiger partial charge in [0.25, 0.3) is 0 Å². The van der Waals surface area contributed by atoms with Gasteiger partial charge in [0.1, 0.15) is 0 Å². The lowest BCUT2D eigenvalue weighted by Crippen LogP contribution is -2.13. The van der Waals surface area contributed by atoms with Crippen LogP contribution in [0, 0.1) is 24.5 Å². The number of hydrogen-bond donors (Lipinski definition) is 0. The van der Waals surface area contributed by atoms with Gasteiger partial charge in [-0.15, -0.1) is 0 Å². The summed E-state index contributed by atoms with van der Waals surface area (Å²) in [6.45, 7) is 6.12. The highest BCUT2D eigenvalue weighted by atomic mass is 19.2. The molecule has 0 aromatic heterocycles. The number of rotatable bonds is 6. The Hall–Kier alpha value is -1.90. The number of ether oxygens (including phenoxy) is 1. The zero-order valence-electron chi connectivity index (χ0n) is 16.7. The molecule has 2 aromatic carbocycles. The van der Waals surface area contributed by atoms with Gasteiger partial charge in [0.15, 0.2) is 11.6 Å². The van der Waals surface area contributed by atoms with E-state index in [1.807, 2.05) is 12.1 Å². The van der Waals surface area contributed by atoms with Gasteiger partial charge in [-0.1, -0.05) is 44.0 Å². The van der Waals surface area contributed by atoms with Crippen LogP contribution in [0.2, 0.25) is 0 Å². The minimum Gasteiger partial charge on any atom is -0.491 e. The maximum absolute atomic E-state index is 14.6. The Morgan fingerprint density at radius 1 is 1.00 bits per heavy atom. The molecule has 0 radical (unpaired) electrons. The predicted molar refractivity (Wildman–Crippen MR) is 109 cm³/mol. The molecule has 1 aliphatic rings. The van der Waals surface area contributed by atoms with Gasteiger partial charge in [0.2, 0.25) is 5.82 Å². The number of benzene rings is 2. The maximum Gasteiger partial charge on any atom is 0.201 e. The molecule has 0 heterocycles. The third kappa shape index (κ3) is 4.34. The molecule has 3 heteroatoms. The molecular formula is C24H32F2O. The van der Waals surface area contributed by atoms with Crippen molar-refractivity contribution >= 4 is 0 Å². The van der Waals surface area contributed by atoms with Gasteiger partial charge in [-0.3, -0.25) is 0 Å². The van der Waals surface area contributed by atoms with Crippen molar-refractivity contribution in [1.29, 1.82) is 0 Å². The van der Waals surface area contributed by atoms with E-state index in [9.17, 15) is 8.78 Å². The van der Waals surface area contributed by atoms with E-state index in [4.69, 9.17) is 4.74 Å². The summed E-state index contributed by atoms with van der Waals surface area (Å²) in [4.78, 5) is 0. The lowest BCUT2D eigenvalue weighted by Gasteiger charge is -2.28. The van der Waals surface area contributed by atoms with Crippen molar-refractivity contribution in [2.45, 2.75) is 65.2 Å². The molecule has 0 atom stereocenters. The van der Waals surface area contributed by atoms with Crippen LogP contribution < -0.4 is 4.74 Å². The van der Waals surface area contributed by atoms with E-state index in [0.29, 0.717) is 23.7 Å². The highest BCUT2D eigenvalue weighted by molar-refractivity contribution is 5.69. The highest BCUT2D eigenvalue weighted by Crippen LogP contribution is 2.39. The van der Waals surface area contributed by atoms with Crippen LogP contribution in [0.5, 0.6) is 5.75 Å². The van der Waals surface area contributed by atoms with Crippen LogP contribution in [0.1, 0.15) is 70.8 Å². The maximum atomic E-state index is 14.6. The largest absolute Gasteiger partial charge is 0.491 e. The fourth-order valence-electron chi connectivity index (χ4n) is 4.45. The molecule has 3 rings (SSSR count). The number of hydrogen-bond acceptors (Lipinski definition) is 1. The molecule has 0 N–H and O–H groups in total. The average Bonchev–Trinajstić information content (AvgIpc) is 2.68. The van der Waals surface area contributed by atoms with Crippen LogP contribution in [0.3, 0.4) is 0 Å². The average molecular weight is 375 g/mol. The molecule has 1 saturated carbocycles. The first-order valence-corrected chi connectivity index (χ1v) is 10.3. The van der Waals surface area contributed by atoms with Crippen molar-refractivity contribution in [3.8, 4) is 16.9 Å². The fourth-order valence-corrected chi connectivity index (χ4v) is 4.45. The van der Waals surface area contributed by atoms with Gasteiger partial charge >= 0.3 is 0 Å². The second-order valence-electron chi connectivity index (χ2n) is 7.76. The summed E-state index contributed by atoms with van der Waals surface area (Å²) in [5.74, 6) is -0.275. The van der Waals surface area contributed by atoms with Gasteiger partial charge in [0.05, 0.1) is 6.61 Å². The zero-order chi connectivity index (χ0) is 19.4. The third-order valence-electron chi connectivity index (χ3n) is 5.88. The standard InChI is InChI=1S/C24H30F2O.H2/c1-4-6-17-7-9-18(10-8-17)19-11-13-20(14-12-19)22-16(3)15-21(27-5-2)23(25)24(22)26;/h11-15,17-18H,4-10H2,1-3H3;1H. The van der Waals surface area contributed by atoms with Gasteiger partial charge in [-0.25, -0.2) is 4.39 Å². The molecule has 27 heavy (non-hydrogen) atoms. The number of halogens is 2. The zero-order valence-corrected chi connectivity index (χ0v) is 16.7. The molecular weight excluding hydrogens is 342 g/mol. The Labute approximate surface area is 163 Å². The van der Waals surface area contributed by atoms with Crippen LogP contribution in [0.15, 0.2) is 30.3 Å². The molecule has 0 aliphatic heterocycles. The van der Waals surface area contributed by atoms with E-state index in [0.717, 1.165) is 11.5 Å². The Kier molecular flexibility index (Phi) is 6.51. The molecule has 148 valence electrons. The summed E-state index contributed by atoms with van der Waals surface area (Å²) >= 11 is 0. The molecule has 0 amide bonds. The first-order valence-electron chi connectivity index (χ1n) is 10.3. The Balaban J connectivity index is 0.00000280. The lowest BCUT2D eigenvalue weighted by molar-refractivity contribution is 0.308. The SMILES string of the molecule is CCCC1CCC(c2ccc(-c3c(C)cc(OCC)c(F)c3F)cc2)CC1.[HH]. The van der Waals surface area contributed by atoms with E-state index >= 15 is 0 Å². The minimum atomic E-state index is -0.907. The van der Waals surface area contributed by atoms with Gasteiger partial charge in [-0.05, 0) is 74.1 Å². The van der Waals surface area contributed by atoms with Crippen molar-refractivity contribution in [3.63, 3.8) is 0 Å². The normalized spacial score (nSPS) is 19.9. The quantitative estimate of drug-likeness (QED) is 0.504. The number of aryl methyl sites for hydroxylation is 1. The lowest BCUT2D eigenvalue weighted by atomic mass is 9.77. The molecule has 1 aliphatic carbocycles. The van der Waals surface area contributed by atoms with Gasteiger partial charge in [-0.2, -0.15) is 4.39 Å². The highest BCUT2D eigenvalue weighted by Gasteiger charge is 2.23. The van der Waals surface area contributed by atoms with Crippen LogP contribution in [0.4, 0.5) is 8.78 Å². The van der Waals surface area contributed by atoms with Crippen molar-refractivity contribution in [2.24, 2.45) is 5.92 Å². The summed E-state index contributed by atoms with van der Waals surface area (Å²) in [6.07, 6.45) is 7.68. The van der Waals surface area contributed by atoms with Crippen LogP contribution in [-0.2, 0) is 0 Å². The first-order chi connectivity index (χ1) is 13.0. The van der Waals surface area contributed by atoms with Gasteiger partial charge in [0, 0.05) is 6.99 Å². The Morgan fingerprint density at radius 3 is 2.26 bits per heavy atom. The summed E-state index contributed by atoms with van der Waals surface area (Å²) < 4.78 is 34.1. The molecule has 1 nitrogen and oxygen atoms in total. The summed E-state index contributed by atoms with van der Waals surface area (Å²) in [5, 5.41) is 0. The molecule has 0 saturated heterocycles. The van der Waals surface area contributed by atoms with Crippen LogP contribution in [0.25, 0.3) is 11.1 Å². The fraction of sp³-hybridized carbons (Fsp3) is 0.500. The van der Waals surface area contributed by atoms with Crippen LogP contribution >= 0.6 is 0 Å². The van der Waals surface area contributed by atoms with Crippen molar-refractivity contribution < 1.29 is 14.9 Å². The van der Waals surface area contributed by atoms with Crippen molar-refractivity contribution in [1.82, 2.24) is 0 Å². The van der Waals surface area contributed by atoms with E-state index in [1.165, 1.54) is 44.1 Å². The Bertz CT molecular complexity index is 765. The molecule has 2 aromatic rings. The summed E-state index contributed by atoms with van der Waals surface area (Å²) in [6, 6.07) is 9.62. The Morgan fingerprint density at radius 2 is 1.67 bits per heavy atom. The third-order valence-corrected chi connectivity index (χ3v) is 5.88. The summed E-state index contributed by atoms with van der Waals surface area (Å²) in [5.41, 5.74) is 3.05. The van der Waals surface area contributed by atoms with Crippen LogP contribution in [-0.4, -0.2) is 6.61 Å². The minimum absolute atomic E-state index is 0. The van der Waals surface area contributed by atoms with E-state index in [1.54, 1.807) is 19.9 Å². The van der Waals surface area contributed by atoms with Gasteiger partial charge < -0.3 is 4.74 Å². The molecule has 0 bridgehead atoms. The molecule has 0 unspecified atom stereocenters. The van der Waals surface area contributed by atoms with Crippen molar-refractivity contribution in [2.75, 3.05) is 6.61 Å². The predicted octanol–water partition coefficient (Wildman–Crippen LogP) is 7.66. The molecule has 0 spiro atoms. The molecule has 1 fully saturated rings. The second-order valence-corrected chi connectivity index (χ2v) is 7.76. The van der Waals surface area contributed by atoms with E-state index in [2.05, 4.69) is 19.1 Å².